The third-order valence-electron chi connectivity index (χ3n) is 5.40. The zero-order valence-corrected chi connectivity index (χ0v) is 16.9. The van der Waals surface area contributed by atoms with Crippen molar-refractivity contribution in [3.8, 4) is 11.1 Å². The zero-order valence-electron chi connectivity index (χ0n) is 16.1. The highest BCUT2D eigenvalue weighted by Gasteiger charge is 2.51. The van der Waals surface area contributed by atoms with E-state index in [-0.39, 0.29) is 10.8 Å². The van der Waals surface area contributed by atoms with Crippen molar-refractivity contribution in [3.05, 3.63) is 84.4 Å². The van der Waals surface area contributed by atoms with E-state index < -0.39 is 15.4 Å². The minimum absolute atomic E-state index is 0.0105. The highest BCUT2D eigenvalue weighted by atomic mass is 32.2. The Morgan fingerprint density at radius 3 is 2.17 bits per heavy atom. The van der Waals surface area contributed by atoms with Crippen molar-refractivity contribution in [3.63, 3.8) is 0 Å². The maximum atomic E-state index is 12.9. The smallest absolute Gasteiger partial charge is 0.240 e. The Morgan fingerprint density at radius 2 is 1.55 bits per heavy atom. The van der Waals surface area contributed by atoms with E-state index in [2.05, 4.69) is 10.0 Å². The lowest BCUT2D eigenvalue weighted by Gasteiger charge is -2.16. The third-order valence-corrected chi connectivity index (χ3v) is 6.83. The van der Waals surface area contributed by atoms with Crippen LogP contribution in [-0.4, -0.2) is 21.4 Å². The summed E-state index contributed by atoms with van der Waals surface area (Å²) in [5.74, 6) is 0.0105. The van der Waals surface area contributed by atoms with Gasteiger partial charge in [0, 0.05) is 5.69 Å². The SMILES string of the molecule is CNS(=O)(=O)c1ccc(-c2cccc(NC(=O)C3(c4ccccc4)CC3)c2)cc1. The van der Waals surface area contributed by atoms with Crippen molar-refractivity contribution in [1.29, 1.82) is 0 Å². The summed E-state index contributed by atoms with van der Waals surface area (Å²) < 4.78 is 26.1. The van der Waals surface area contributed by atoms with Gasteiger partial charge < -0.3 is 5.32 Å². The number of carbonyl (C=O) groups is 1. The first-order valence-corrected chi connectivity index (χ1v) is 10.9. The Labute approximate surface area is 170 Å². The van der Waals surface area contributed by atoms with Crippen LogP contribution in [0.25, 0.3) is 11.1 Å². The van der Waals surface area contributed by atoms with Crippen LogP contribution < -0.4 is 10.0 Å². The van der Waals surface area contributed by atoms with E-state index in [9.17, 15) is 13.2 Å². The molecule has 0 heterocycles. The number of nitrogens with one attached hydrogen (secondary N) is 2. The maximum Gasteiger partial charge on any atom is 0.240 e. The summed E-state index contributed by atoms with van der Waals surface area (Å²) in [6.45, 7) is 0. The van der Waals surface area contributed by atoms with Crippen LogP contribution in [0.1, 0.15) is 18.4 Å². The van der Waals surface area contributed by atoms with Crippen molar-refractivity contribution in [2.24, 2.45) is 0 Å². The summed E-state index contributed by atoms with van der Waals surface area (Å²) in [5.41, 5.74) is 3.12. The maximum absolute atomic E-state index is 12.9. The minimum Gasteiger partial charge on any atom is -0.325 e. The molecule has 1 aliphatic rings. The molecule has 29 heavy (non-hydrogen) atoms. The summed E-state index contributed by atoms with van der Waals surface area (Å²) in [6, 6.07) is 24.1. The van der Waals surface area contributed by atoms with E-state index in [1.165, 1.54) is 7.05 Å². The number of amides is 1. The number of hydrogen-bond acceptors (Lipinski definition) is 3. The van der Waals surface area contributed by atoms with E-state index in [1.54, 1.807) is 24.3 Å². The second-order valence-corrected chi connectivity index (χ2v) is 9.10. The monoisotopic (exact) mass is 406 g/mol. The lowest BCUT2D eigenvalue weighted by Crippen LogP contribution is -2.27. The molecule has 0 atom stereocenters. The summed E-state index contributed by atoms with van der Waals surface area (Å²) >= 11 is 0. The molecular weight excluding hydrogens is 384 g/mol. The number of hydrogen-bond donors (Lipinski definition) is 2. The predicted octanol–water partition coefficient (Wildman–Crippen LogP) is 3.93. The zero-order chi connectivity index (χ0) is 20.5. The van der Waals surface area contributed by atoms with Crippen molar-refractivity contribution in [2.75, 3.05) is 12.4 Å². The van der Waals surface area contributed by atoms with Gasteiger partial charge in [-0.05, 0) is 60.8 Å². The molecule has 0 aromatic heterocycles. The Hall–Kier alpha value is -2.96. The Kier molecular flexibility index (Phi) is 4.98. The standard InChI is InChI=1S/C23H22N2O3S/c1-24-29(27,28)21-12-10-17(11-13-21)18-6-5-9-20(16-18)25-22(26)23(14-15-23)19-7-3-2-4-8-19/h2-13,16,24H,14-15H2,1H3,(H,25,26). The molecule has 1 amide bonds. The third kappa shape index (κ3) is 3.81. The van der Waals surface area contributed by atoms with E-state index in [0.29, 0.717) is 0 Å². The normalized spacial score (nSPS) is 14.9. The molecule has 1 fully saturated rings. The van der Waals surface area contributed by atoms with E-state index in [1.807, 2.05) is 54.6 Å². The molecule has 3 aromatic rings. The first-order chi connectivity index (χ1) is 13.9. The van der Waals surface area contributed by atoms with Crippen LogP contribution in [0.5, 0.6) is 0 Å². The number of carbonyl (C=O) groups excluding carboxylic acids is 1. The average molecular weight is 407 g/mol. The Bertz CT molecular complexity index is 1140. The van der Waals surface area contributed by atoms with Crippen molar-refractivity contribution < 1.29 is 13.2 Å². The van der Waals surface area contributed by atoms with Gasteiger partial charge in [-0.2, -0.15) is 0 Å². The van der Waals surface area contributed by atoms with E-state index >= 15 is 0 Å². The van der Waals surface area contributed by atoms with Crippen molar-refractivity contribution in [2.45, 2.75) is 23.2 Å². The molecule has 5 nitrogen and oxygen atoms in total. The molecule has 0 aliphatic heterocycles. The fraction of sp³-hybridized carbons (Fsp3) is 0.174. The van der Waals surface area contributed by atoms with Crippen LogP contribution >= 0.6 is 0 Å². The summed E-state index contributed by atoms with van der Waals surface area (Å²) in [5, 5.41) is 3.05. The van der Waals surface area contributed by atoms with Gasteiger partial charge in [-0.15, -0.1) is 0 Å². The van der Waals surface area contributed by atoms with Gasteiger partial charge in [-0.1, -0.05) is 54.6 Å². The number of rotatable bonds is 6. The molecule has 0 bridgehead atoms. The molecule has 3 aromatic carbocycles. The Morgan fingerprint density at radius 1 is 0.862 bits per heavy atom. The topological polar surface area (TPSA) is 75.3 Å². The number of sulfonamides is 1. The lowest BCUT2D eigenvalue weighted by atomic mass is 9.95. The molecule has 6 heteroatoms. The van der Waals surface area contributed by atoms with Gasteiger partial charge >= 0.3 is 0 Å². The molecule has 148 valence electrons. The first kappa shape index (κ1) is 19.4. The average Bonchev–Trinajstić information content (AvgIpc) is 3.57. The molecule has 2 N–H and O–H groups in total. The molecule has 1 aliphatic carbocycles. The van der Waals surface area contributed by atoms with Crippen LogP contribution in [0.15, 0.2) is 83.8 Å². The highest BCUT2D eigenvalue weighted by Crippen LogP contribution is 2.49. The molecule has 0 radical (unpaired) electrons. The molecule has 0 saturated heterocycles. The van der Waals surface area contributed by atoms with Crippen LogP contribution in [0.2, 0.25) is 0 Å². The fourth-order valence-electron chi connectivity index (χ4n) is 3.50. The van der Waals surface area contributed by atoms with Gasteiger partial charge in [-0.3, -0.25) is 4.79 Å². The largest absolute Gasteiger partial charge is 0.325 e. The van der Waals surface area contributed by atoms with Gasteiger partial charge in [0.05, 0.1) is 10.3 Å². The van der Waals surface area contributed by atoms with Gasteiger partial charge in [0.2, 0.25) is 15.9 Å². The summed E-state index contributed by atoms with van der Waals surface area (Å²) in [6.07, 6.45) is 1.70. The summed E-state index contributed by atoms with van der Waals surface area (Å²) in [4.78, 5) is 13.2. The van der Waals surface area contributed by atoms with Crippen LogP contribution in [0.3, 0.4) is 0 Å². The molecule has 1 saturated carbocycles. The Balaban J connectivity index is 1.55. The van der Waals surface area contributed by atoms with Gasteiger partial charge in [0.15, 0.2) is 0 Å². The second kappa shape index (κ2) is 7.46. The predicted molar refractivity (Wildman–Crippen MR) is 114 cm³/mol. The van der Waals surface area contributed by atoms with Crippen molar-refractivity contribution in [1.82, 2.24) is 4.72 Å². The second-order valence-electron chi connectivity index (χ2n) is 7.21. The number of benzene rings is 3. The quantitative estimate of drug-likeness (QED) is 0.651. The minimum atomic E-state index is -3.46. The summed E-state index contributed by atoms with van der Waals surface area (Å²) in [7, 11) is -2.08. The molecular formula is C23H22N2O3S. The van der Waals surface area contributed by atoms with Gasteiger partial charge in [0.25, 0.3) is 0 Å². The van der Waals surface area contributed by atoms with Crippen LogP contribution in [0.4, 0.5) is 5.69 Å². The number of anilines is 1. The highest BCUT2D eigenvalue weighted by molar-refractivity contribution is 7.89. The van der Waals surface area contributed by atoms with Crippen LogP contribution in [-0.2, 0) is 20.2 Å². The van der Waals surface area contributed by atoms with E-state index in [4.69, 9.17) is 0 Å². The van der Waals surface area contributed by atoms with E-state index in [0.717, 1.165) is 35.2 Å². The fourth-order valence-corrected chi connectivity index (χ4v) is 4.23. The van der Waals surface area contributed by atoms with Crippen LogP contribution in [0, 0.1) is 0 Å². The van der Waals surface area contributed by atoms with Crippen molar-refractivity contribution >= 4 is 21.6 Å². The molecule has 0 unspecified atom stereocenters. The molecule has 0 spiro atoms. The van der Waals surface area contributed by atoms with Gasteiger partial charge in [-0.25, -0.2) is 13.1 Å². The van der Waals surface area contributed by atoms with Gasteiger partial charge in [0.1, 0.15) is 0 Å². The molecule has 4 rings (SSSR count). The lowest BCUT2D eigenvalue weighted by molar-refractivity contribution is -0.118. The first-order valence-electron chi connectivity index (χ1n) is 9.46.